The van der Waals surface area contributed by atoms with E-state index >= 15 is 0 Å². The van der Waals surface area contributed by atoms with Gasteiger partial charge in [0.15, 0.2) is 5.82 Å². The SMILES string of the molecule is CC1(c2nc(N)c3c(n2)CCC3)CCCO1. The largest absolute Gasteiger partial charge is 0.383 e. The second-order valence-corrected chi connectivity index (χ2v) is 4.89. The quantitative estimate of drug-likeness (QED) is 0.779. The average Bonchev–Trinajstić information content (AvgIpc) is 2.86. The molecule has 0 bridgehead atoms. The molecule has 1 aliphatic carbocycles. The highest BCUT2D eigenvalue weighted by molar-refractivity contribution is 5.45. The number of hydrogen-bond acceptors (Lipinski definition) is 4. The standard InChI is InChI=1S/C12H17N3O/c1-12(6-3-7-16-12)11-14-9-5-2-4-8(9)10(13)15-11/h2-7H2,1H3,(H2,13,14,15). The molecule has 16 heavy (non-hydrogen) atoms. The number of nitrogens with zero attached hydrogens (tertiary/aromatic N) is 2. The normalized spacial score (nSPS) is 28.3. The van der Waals surface area contributed by atoms with Gasteiger partial charge in [-0.15, -0.1) is 0 Å². The molecule has 1 aliphatic heterocycles. The molecule has 1 aromatic heterocycles. The molecule has 1 aromatic rings. The summed E-state index contributed by atoms with van der Waals surface area (Å²) < 4.78 is 5.76. The number of ether oxygens (including phenoxy) is 1. The maximum Gasteiger partial charge on any atom is 0.162 e. The number of fused-ring (bicyclic) bond motifs is 1. The van der Waals surface area contributed by atoms with E-state index in [1.54, 1.807) is 0 Å². The van der Waals surface area contributed by atoms with Crippen LogP contribution in [0.4, 0.5) is 5.82 Å². The van der Waals surface area contributed by atoms with Gasteiger partial charge in [-0.3, -0.25) is 0 Å². The lowest BCUT2D eigenvalue weighted by Crippen LogP contribution is -2.25. The number of nitrogens with two attached hydrogens (primary N) is 1. The Morgan fingerprint density at radius 3 is 2.88 bits per heavy atom. The maximum absolute atomic E-state index is 5.99. The molecule has 0 radical (unpaired) electrons. The smallest absolute Gasteiger partial charge is 0.162 e. The van der Waals surface area contributed by atoms with E-state index in [4.69, 9.17) is 10.5 Å². The summed E-state index contributed by atoms with van der Waals surface area (Å²) in [4.78, 5) is 9.09. The molecule has 4 heteroatoms. The summed E-state index contributed by atoms with van der Waals surface area (Å²) in [5.41, 5.74) is 7.97. The van der Waals surface area contributed by atoms with Gasteiger partial charge in [0.05, 0.1) is 0 Å². The molecule has 1 saturated heterocycles. The zero-order chi connectivity index (χ0) is 11.2. The van der Waals surface area contributed by atoms with Gasteiger partial charge in [-0.05, 0) is 39.0 Å². The average molecular weight is 219 g/mol. The van der Waals surface area contributed by atoms with Crippen molar-refractivity contribution < 1.29 is 4.74 Å². The zero-order valence-corrected chi connectivity index (χ0v) is 9.62. The Bertz CT molecular complexity index is 425. The van der Waals surface area contributed by atoms with Crippen LogP contribution < -0.4 is 5.73 Å². The zero-order valence-electron chi connectivity index (χ0n) is 9.62. The molecular weight excluding hydrogens is 202 g/mol. The van der Waals surface area contributed by atoms with Gasteiger partial charge >= 0.3 is 0 Å². The summed E-state index contributed by atoms with van der Waals surface area (Å²) in [6.07, 6.45) is 5.28. The molecule has 2 N–H and O–H groups in total. The third-order valence-electron chi connectivity index (χ3n) is 3.66. The van der Waals surface area contributed by atoms with Gasteiger partial charge < -0.3 is 10.5 Å². The highest BCUT2D eigenvalue weighted by atomic mass is 16.5. The van der Waals surface area contributed by atoms with Crippen LogP contribution in [0, 0.1) is 0 Å². The lowest BCUT2D eigenvalue weighted by molar-refractivity contribution is 0.00929. The van der Waals surface area contributed by atoms with Crippen molar-refractivity contribution in [2.24, 2.45) is 0 Å². The van der Waals surface area contributed by atoms with Crippen molar-refractivity contribution in [3.05, 3.63) is 17.1 Å². The summed E-state index contributed by atoms with van der Waals surface area (Å²) in [6.45, 7) is 2.87. The molecule has 0 spiro atoms. The van der Waals surface area contributed by atoms with E-state index in [1.807, 2.05) is 0 Å². The summed E-state index contributed by atoms with van der Waals surface area (Å²) in [6, 6.07) is 0. The molecule has 2 heterocycles. The van der Waals surface area contributed by atoms with Crippen LogP contribution in [0.1, 0.15) is 43.3 Å². The predicted molar refractivity (Wildman–Crippen MR) is 61.0 cm³/mol. The van der Waals surface area contributed by atoms with E-state index < -0.39 is 0 Å². The topological polar surface area (TPSA) is 61.0 Å². The number of aryl methyl sites for hydroxylation is 1. The maximum atomic E-state index is 5.99. The van der Waals surface area contributed by atoms with Crippen LogP contribution in [0.2, 0.25) is 0 Å². The minimum atomic E-state index is -0.314. The number of aromatic nitrogens is 2. The van der Waals surface area contributed by atoms with Gasteiger partial charge in [-0.2, -0.15) is 0 Å². The van der Waals surface area contributed by atoms with Crippen LogP contribution in [-0.2, 0) is 23.2 Å². The van der Waals surface area contributed by atoms with E-state index in [-0.39, 0.29) is 5.60 Å². The predicted octanol–water partition coefficient (Wildman–Crippen LogP) is 1.57. The van der Waals surface area contributed by atoms with E-state index in [0.717, 1.165) is 55.8 Å². The van der Waals surface area contributed by atoms with Gasteiger partial charge in [0, 0.05) is 17.9 Å². The van der Waals surface area contributed by atoms with Gasteiger partial charge in [0.25, 0.3) is 0 Å². The van der Waals surface area contributed by atoms with Crippen LogP contribution in [0.25, 0.3) is 0 Å². The third-order valence-corrected chi connectivity index (χ3v) is 3.66. The second-order valence-electron chi connectivity index (χ2n) is 4.89. The van der Waals surface area contributed by atoms with Crippen molar-refractivity contribution in [1.29, 1.82) is 0 Å². The van der Waals surface area contributed by atoms with Gasteiger partial charge in [-0.1, -0.05) is 0 Å². The van der Waals surface area contributed by atoms with Crippen molar-refractivity contribution in [3.8, 4) is 0 Å². The molecule has 0 aromatic carbocycles. The Labute approximate surface area is 95.2 Å². The van der Waals surface area contributed by atoms with Crippen LogP contribution in [0.5, 0.6) is 0 Å². The Balaban J connectivity index is 2.05. The summed E-state index contributed by atoms with van der Waals surface area (Å²) in [5.74, 6) is 1.44. The van der Waals surface area contributed by atoms with Crippen molar-refractivity contribution in [1.82, 2.24) is 9.97 Å². The fraction of sp³-hybridized carbons (Fsp3) is 0.667. The monoisotopic (exact) mass is 219 g/mol. The van der Waals surface area contributed by atoms with Crippen molar-refractivity contribution in [2.75, 3.05) is 12.3 Å². The third kappa shape index (κ3) is 1.40. The molecule has 1 fully saturated rings. The van der Waals surface area contributed by atoms with E-state index in [0.29, 0.717) is 5.82 Å². The van der Waals surface area contributed by atoms with E-state index in [1.165, 1.54) is 0 Å². The molecule has 3 rings (SSSR count). The van der Waals surface area contributed by atoms with Crippen LogP contribution >= 0.6 is 0 Å². The molecule has 0 saturated carbocycles. The highest BCUT2D eigenvalue weighted by Gasteiger charge is 2.36. The number of nitrogen functional groups attached to an aromatic ring is 1. The fourth-order valence-corrected chi connectivity index (χ4v) is 2.65. The molecule has 0 amide bonds. The Kier molecular flexibility index (Phi) is 2.14. The molecule has 1 unspecified atom stereocenters. The molecule has 2 aliphatic rings. The summed E-state index contributed by atoms with van der Waals surface area (Å²) in [5, 5.41) is 0. The Morgan fingerprint density at radius 2 is 2.12 bits per heavy atom. The van der Waals surface area contributed by atoms with Crippen LogP contribution in [0.3, 0.4) is 0 Å². The first-order valence-corrected chi connectivity index (χ1v) is 5.99. The fourth-order valence-electron chi connectivity index (χ4n) is 2.65. The highest BCUT2D eigenvalue weighted by Crippen LogP contribution is 2.35. The lowest BCUT2D eigenvalue weighted by Gasteiger charge is -2.22. The van der Waals surface area contributed by atoms with Crippen molar-refractivity contribution >= 4 is 5.82 Å². The lowest BCUT2D eigenvalue weighted by atomic mass is 10.0. The van der Waals surface area contributed by atoms with Crippen LogP contribution in [-0.4, -0.2) is 16.6 Å². The van der Waals surface area contributed by atoms with E-state index in [2.05, 4.69) is 16.9 Å². The second kappa shape index (κ2) is 3.42. The Morgan fingerprint density at radius 1 is 1.25 bits per heavy atom. The number of anilines is 1. The summed E-state index contributed by atoms with van der Waals surface area (Å²) in [7, 11) is 0. The van der Waals surface area contributed by atoms with E-state index in [9.17, 15) is 0 Å². The van der Waals surface area contributed by atoms with Crippen molar-refractivity contribution in [3.63, 3.8) is 0 Å². The molecular formula is C12H17N3O. The summed E-state index contributed by atoms with van der Waals surface area (Å²) >= 11 is 0. The first-order chi connectivity index (χ1) is 7.69. The van der Waals surface area contributed by atoms with Crippen molar-refractivity contribution in [2.45, 2.75) is 44.6 Å². The molecule has 1 atom stereocenters. The first kappa shape index (κ1) is 10.0. The number of hydrogen-bond donors (Lipinski definition) is 1. The van der Waals surface area contributed by atoms with Gasteiger partial charge in [-0.25, -0.2) is 9.97 Å². The minimum absolute atomic E-state index is 0.314. The van der Waals surface area contributed by atoms with Gasteiger partial charge in [0.2, 0.25) is 0 Å². The first-order valence-electron chi connectivity index (χ1n) is 5.99. The minimum Gasteiger partial charge on any atom is -0.383 e. The molecule has 4 nitrogen and oxygen atoms in total. The van der Waals surface area contributed by atoms with Gasteiger partial charge in [0.1, 0.15) is 11.4 Å². The Hall–Kier alpha value is -1.16. The number of rotatable bonds is 1. The molecule has 86 valence electrons. The van der Waals surface area contributed by atoms with Crippen LogP contribution in [0.15, 0.2) is 0 Å².